The Morgan fingerprint density at radius 3 is 2.58 bits per heavy atom. The van der Waals surface area contributed by atoms with E-state index in [9.17, 15) is 13.2 Å². The van der Waals surface area contributed by atoms with Crippen LogP contribution < -0.4 is 15.4 Å². The minimum absolute atomic E-state index is 0.0605. The molecule has 2 aromatic rings. The van der Waals surface area contributed by atoms with Crippen molar-refractivity contribution < 1.29 is 17.9 Å². The highest BCUT2D eigenvalue weighted by molar-refractivity contribution is 7.89. The summed E-state index contributed by atoms with van der Waals surface area (Å²) in [4.78, 5) is 12.4. The lowest BCUT2D eigenvalue weighted by Crippen LogP contribution is -2.31. The zero-order valence-electron chi connectivity index (χ0n) is 18.2. The summed E-state index contributed by atoms with van der Waals surface area (Å²) in [6, 6.07) is 13.0. The molecule has 168 valence electrons. The lowest BCUT2D eigenvalue weighted by Gasteiger charge is -2.19. The highest BCUT2D eigenvalue weighted by Crippen LogP contribution is 2.31. The molecule has 31 heavy (non-hydrogen) atoms. The Bertz CT molecular complexity index is 1000. The molecule has 0 spiro atoms. The third kappa shape index (κ3) is 5.98. The van der Waals surface area contributed by atoms with Gasteiger partial charge in [-0.05, 0) is 62.4 Å². The largest absolute Gasteiger partial charge is 0.492 e. The zero-order chi connectivity index (χ0) is 22.3. The highest BCUT2D eigenvalue weighted by Gasteiger charge is 2.30. The Kier molecular flexibility index (Phi) is 7.92. The van der Waals surface area contributed by atoms with E-state index in [1.54, 1.807) is 18.2 Å². The molecule has 0 aliphatic carbocycles. The SMILES string of the molecule is CCOc1ccc(NCC(=O)NCCc2ccccc2C)cc1S(=O)(=O)N1CCCC1. The van der Waals surface area contributed by atoms with Gasteiger partial charge in [0, 0.05) is 25.3 Å². The van der Waals surface area contributed by atoms with Gasteiger partial charge in [-0.25, -0.2) is 8.42 Å². The molecule has 0 aromatic heterocycles. The van der Waals surface area contributed by atoms with Crippen molar-refractivity contribution in [1.82, 2.24) is 9.62 Å². The fraction of sp³-hybridized carbons (Fsp3) is 0.435. The van der Waals surface area contributed by atoms with Crippen LogP contribution in [-0.2, 0) is 21.2 Å². The second-order valence-corrected chi connectivity index (χ2v) is 9.49. The van der Waals surface area contributed by atoms with Crippen molar-refractivity contribution in [2.75, 3.05) is 38.1 Å². The monoisotopic (exact) mass is 445 g/mol. The first-order chi connectivity index (χ1) is 14.9. The first-order valence-corrected chi connectivity index (χ1v) is 12.2. The summed E-state index contributed by atoms with van der Waals surface area (Å²) in [5.41, 5.74) is 2.98. The van der Waals surface area contributed by atoms with E-state index in [0.29, 0.717) is 37.7 Å². The number of ether oxygens (including phenoxy) is 1. The standard InChI is InChI=1S/C23H31N3O4S/c1-3-30-21-11-10-20(16-22(21)31(28,29)26-14-6-7-15-26)25-17-23(27)24-13-12-19-9-5-4-8-18(19)2/h4-5,8-11,16,25H,3,6-7,12-15,17H2,1-2H3,(H,24,27). The molecule has 1 heterocycles. The van der Waals surface area contributed by atoms with Crippen LogP contribution in [0.1, 0.15) is 30.9 Å². The Morgan fingerprint density at radius 1 is 1.13 bits per heavy atom. The molecular formula is C23H31N3O4S. The number of hydrogen-bond acceptors (Lipinski definition) is 5. The number of aryl methyl sites for hydroxylation is 1. The van der Waals surface area contributed by atoms with Crippen LogP contribution in [0.15, 0.2) is 47.4 Å². The molecule has 0 saturated carbocycles. The van der Waals surface area contributed by atoms with E-state index in [2.05, 4.69) is 29.7 Å². The van der Waals surface area contributed by atoms with Crippen molar-refractivity contribution in [3.05, 3.63) is 53.6 Å². The Labute approximate surface area is 184 Å². The van der Waals surface area contributed by atoms with Gasteiger partial charge in [-0.3, -0.25) is 4.79 Å². The van der Waals surface area contributed by atoms with E-state index < -0.39 is 10.0 Å². The van der Waals surface area contributed by atoms with Gasteiger partial charge in [0.05, 0.1) is 13.2 Å². The molecule has 2 N–H and O–H groups in total. The van der Waals surface area contributed by atoms with Crippen molar-refractivity contribution in [3.63, 3.8) is 0 Å². The fourth-order valence-electron chi connectivity index (χ4n) is 3.63. The number of carbonyl (C=O) groups excluding carboxylic acids is 1. The van der Waals surface area contributed by atoms with Crippen LogP contribution in [0, 0.1) is 6.92 Å². The normalized spacial score (nSPS) is 14.4. The minimum atomic E-state index is -3.63. The molecule has 0 atom stereocenters. The summed E-state index contributed by atoms with van der Waals surface area (Å²) >= 11 is 0. The molecule has 1 aliphatic heterocycles. The fourth-order valence-corrected chi connectivity index (χ4v) is 5.31. The van der Waals surface area contributed by atoms with Crippen molar-refractivity contribution in [3.8, 4) is 5.75 Å². The van der Waals surface area contributed by atoms with Crippen LogP contribution in [0.25, 0.3) is 0 Å². The predicted molar refractivity (Wildman–Crippen MR) is 122 cm³/mol. The molecule has 2 aromatic carbocycles. The average molecular weight is 446 g/mol. The van der Waals surface area contributed by atoms with E-state index in [0.717, 1.165) is 19.3 Å². The van der Waals surface area contributed by atoms with Crippen LogP contribution in [0.4, 0.5) is 5.69 Å². The molecule has 1 aliphatic rings. The van der Waals surface area contributed by atoms with Crippen molar-refractivity contribution in [2.24, 2.45) is 0 Å². The third-order valence-electron chi connectivity index (χ3n) is 5.36. The summed E-state index contributed by atoms with van der Waals surface area (Å²) in [5.74, 6) is 0.189. The molecule has 0 bridgehead atoms. The van der Waals surface area contributed by atoms with Gasteiger partial charge in [0.2, 0.25) is 15.9 Å². The number of sulfonamides is 1. The number of benzene rings is 2. The maximum Gasteiger partial charge on any atom is 0.246 e. The summed E-state index contributed by atoms with van der Waals surface area (Å²) < 4.78 is 33.2. The molecule has 7 nitrogen and oxygen atoms in total. The predicted octanol–water partition coefficient (Wildman–Crippen LogP) is 2.95. The quantitative estimate of drug-likeness (QED) is 0.587. The van der Waals surface area contributed by atoms with Gasteiger partial charge >= 0.3 is 0 Å². The molecular weight excluding hydrogens is 414 g/mol. The number of anilines is 1. The molecule has 0 radical (unpaired) electrons. The molecule has 0 unspecified atom stereocenters. The highest BCUT2D eigenvalue weighted by atomic mass is 32.2. The molecule has 8 heteroatoms. The number of nitrogens with one attached hydrogen (secondary N) is 2. The number of carbonyl (C=O) groups is 1. The van der Waals surface area contributed by atoms with Crippen LogP contribution in [0.2, 0.25) is 0 Å². The molecule has 1 fully saturated rings. The molecule has 3 rings (SSSR count). The number of nitrogens with zero attached hydrogens (tertiary/aromatic N) is 1. The zero-order valence-corrected chi connectivity index (χ0v) is 19.0. The maximum absolute atomic E-state index is 13.1. The number of hydrogen-bond donors (Lipinski definition) is 2. The Hall–Kier alpha value is -2.58. The lowest BCUT2D eigenvalue weighted by atomic mass is 10.1. The smallest absolute Gasteiger partial charge is 0.246 e. The summed E-state index contributed by atoms with van der Waals surface area (Å²) in [6.45, 7) is 5.90. The second-order valence-electron chi connectivity index (χ2n) is 7.59. The van der Waals surface area contributed by atoms with Crippen LogP contribution in [0.3, 0.4) is 0 Å². The second kappa shape index (κ2) is 10.6. The maximum atomic E-state index is 13.1. The molecule has 1 saturated heterocycles. The van der Waals surface area contributed by atoms with Crippen LogP contribution >= 0.6 is 0 Å². The van der Waals surface area contributed by atoms with Crippen LogP contribution in [0.5, 0.6) is 5.75 Å². The summed E-state index contributed by atoms with van der Waals surface area (Å²) in [5, 5.41) is 5.92. The number of amides is 1. The minimum Gasteiger partial charge on any atom is -0.492 e. The summed E-state index contributed by atoms with van der Waals surface area (Å²) in [7, 11) is -3.63. The number of rotatable bonds is 10. The average Bonchev–Trinajstić information content (AvgIpc) is 3.30. The van der Waals surface area contributed by atoms with E-state index in [1.807, 2.05) is 19.1 Å². The van der Waals surface area contributed by atoms with E-state index in [-0.39, 0.29) is 17.3 Å². The van der Waals surface area contributed by atoms with Crippen LogP contribution in [-0.4, -0.2) is 51.4 Å². The van der Waals surface area contributed by atoms with Crippen molar-refractivity contribution in [2.45, 2.75) is 38.0 Å². The lowest BCUT2D eigenvalue weighted by molar-refractivity contribution is -0.119. The topological polar surface area (TPSA) is 87.7 Å². The third-order valence-corrected chi connectivity index (χ3v) is 7.28. The van der Waals surface area contributed by atoms with Crippen molar-refractivity contribution >= 4 is 21.6 Å². The van der Waals surface area contributed by atoms with E-state index in [1.165, 1.54) is 15.4 Å². The van der Waals surface area contributed by atoms with Gasteiger partial charge < -0.3 is 15.4 Å². The Balaban J connectivity index is 1.61. The first-order valence-electron chi connectivity index (χ1n) is 10.7. The van der Waals surface area contributed by atoms with Gasteiger partial charge in [-0.1, -0.05) is 24.3 Å². The van der Waals surface area contributed by atoms with Gasteiger partial charge in [0.25, 0.3) is 0 Å². The van der Waals surface area contributed by atoms with Gasteiger partial charge in [-0.2, -0.15) is 4.31 Å². The molecule has 1 amide bonds. The summed E-state index contributed by atoms with van der Waals surface area (Å²) in [6.07, 6.45) is 2.49. The van der Waals surface area contributed by atoms with E-state index >= 15 is 0 Å². The van der Waals surface area contributed by atoms with E-state index in [4.69, 9.17) is 4.74 Å². The van der Waals surface area contributed by atoms with Gasteiger partial charge in [-0.15, -0.1) is 0 Å². The van der Waals surface area contributed by atoms with Crippen molar-refractivity contribution in [1.29, 1.82) is 0 Å². The Morgan fingerprint density at radius 2 is 1.87 bits per heavy atom. The van der Waals surface area contributed by atoms with Gasteiger partial charge in [0.1, 0.15) is 10.6 Å². The first kappa shape index (κ1) is 23.1. The van der Waals surface area contributed by atoms with Gasteiger partial charge in [0.15, 0.2) is 0 Å².